The Bertz CT molecular complexity index is 997. The molecule has 0 N–H and O–H groups in total. The maximum atomic E-state index is 15.0. The average molecular weight is 446 g/mol. The number of halogens is 2. The second kappa shape index (κ2) is 9.02. The lowest BCUT2D eigenvalue weighted by molar-refractivity contribution is -0.0394. The minimum absolute atomic E-state index is 0.0411. The van der Waals surface area contributed by atoms with Crippen LogP contribution < -0.4 is 0 Å². The summed E-state index contributed by atoms with van der Waals surface area (Å²) in [6.45, 7) is 6.68. The zero-order valence-corrected chi connectivity index (χ0v) is 18.7. The minimum Gasteiger partial charge on any atom is -0.444 e. The fourth-order valence-corrected chi connectivity index (χ4v) is 4.01. The molecule has 0 bridgehead atoms. The molecule has 1 amide bonds. The van der Waals surface area contributed by atoms with Crippen molar-refractivity contribution in [3.05, 3.63) is 47.8 Å². The number of benzene rings is 1. The molecule has 1 unspecified atom stereocenters. The van der Waals surface area contributed by atoms with Crippen LogP contribution >= 0.6 is 0 Å². The highest BCUT2D eigenvalue weighted by atomic mass is 19.1. The number of amides is 1. The predicted molar refractivity (Wildman–Crippen MR) is 117 cm³/mol. The maximum Gasteiger partial charge on any atom is 0.410 e. The van der Waals surface area contributed by atoms with Gasteiger partial charge in [-0.25, -0.2) is 18.3 Å². The van der Waals surface area contributed by atoms with E-state index in [4.69, 9.17) is 9.47 Å². The molecular formula is C24H29F2N3O3. The van der Waals surface area contributed by atoms with Crippen molar-refractivity contribution >= 4 is 11.7 Å². The number of carbonyl (C=O) groups excluding carboxylic acids is 1. The van der Waals surface area contributed by atoms with Gasteiger partial charge in [-0.3, -0.25) is 0 Å². The average Bonchev–Trinajstić information content (AvgIpc) is 3.23. The van der Waals surface area contributed by atoms with Crippen LogP contribution in [0.5, 0.6) is 0 Å². The first-order valence-electron chi connectivity index (χ1n) is 11.0. The van der Waals surface area contributed by atoms with Gasteiger partial charge in [-0.15, -0.1) is 0 Å². The van der Waals surface area contributed by atoms with Gasteiger partial charge in [0, 0.05) is 37.0 Å². The molecule has 6 nitrogen and oxygen atoms in total. The summed E-state index contributed by atoms with van der Waals surface area (Å²) < 4.78 is 42.8. The molecule has 2 aliphatic rings. The van der Waals surface area contributed by atoms with Crippen LogP contribution in [0.2, 0.25) is 0 Å². The maximum absolute atomic E-state index is 15.0. The van der Waals surface area contributed by atoms with E-state index in [1.165, 1.54) is 17.0 Å². The topological polar surface area (TPSA) is 56.6 Å². The summed E-state index contributed by atoms with van der Waals surface area (Å²) in [5.74, 6) is -1.25. The number of carbonyl (C=O) groups is 1. The smallest absolute Gasteiger partial charge is 0.410 e. The number of aromatic nitrogens is 2. The van der Waals surface area contributed by atoms with E-state index in [9.17, 15) is 13.6 Å². The van der Waals surface area contributed by atoms with Crippen LogP contribution in [0.1, 0.15) is 58.2 Å². The normalized spacial score (nSPS) is 19.6. The van der Waals surface area contributed by atoms with Crippen molar-refractivity contribution < 1.29 is 23.0 Å². The summed E-state index contributed by atoms with van der Waals surface area (Å²) in [6, 6.07) is 2.67. The first-order valence-corrected chi connectivity index (χ1v) is 11.0. The summed E-state index contributed by atoms with van der Waals surface area (Å²) in [6.07, 6.45) is 7.82. The molecule has 2 aromatic rings. The molecule has 1 aromatic carbocycles. The van der Waals surface area contributed by atoms with Crippen molar-refractivity contribution in [2.75, 3.05) is 19.7 Å². The van der Waals surface area contributed by atoms with Crippen molar-refractivity contribution in [3.8, 4) is 11.1 Å². The van der Waals surface area contributed by atoms with Gasteiger partial charge in [0.1, 0.15) is 23.5 Å². The van der Waals surface area contributed by atoms with Gasteiger partial charge < -0.3 is 14.4 Å². The number of ether oxygens (including phenoxy) is 2. The fraction of sp³-hybridized carbons (Fsp3) is 0.500. The number of nitrogens with zero attached hydrogens (tertiary/aromatic N) is 3. The van der Waals surface area contributed by atoms with E-state index < -0.39 is 23.3 Å². The molecule has 0 radical (unpaired) electrons. The number of rotatable bonds is 3. The SMILES string of the molecule is CC(C)(C)OC(=O)N1CC=C(c2c(F)cc(-c3cnn(C4CCCCO4)c3)cc2F)CC1. The van der Waals surface area contributed by atoms with E-state index in [1.807, 2.05) is 0 Å². The Morgan fingerprint density at radius 2 is 1.94 bits per heavy atom. The Morgan fingerprint density at radius 3 is 2.53 bits per heavy atom. The largest absolute Gasteiger partial charge is 0.444 e. The molecule has 32 heavy (non-hydrogen) atoms. The lowest BCUT2D eigenvalue weighted by atomic mass is 9.96. The van der Waals surface area contributed by atoms with Crippen molar-refractivity contribution in [1.82, 2.24) is 14.7 Å². The molecule has 1 atom stereocenters. The lowest BCUT2D eigenvalue weighted by Crippen LogP contribution is -2.39. The van der Waals surface area contributed by atoms with Crippen molar-refractivity contribution in [2.24, 2.45) is 0 Å². The van der Waals surface area contributed by atoms with Crippen LogP contribution in [0.4, 0.5) is 13.6 Å². The van der Waals surface area contributed by atoms with Crippen LogP contribution in [-0.4, -0.2) is 46.1 Å². The van der Waals surface area contributed by atoms with E-state index in [0.29, 0.717) is 36.3 Å². The second-order valence-corrected chi connectivity index (χ2v) is 9.25. The molecule has 8 heteroatoms. The van der Waals surface area contributed by atoms with Crippen molar-refractivity contribution in [1.29, 1.82) is 0 Å². The minimum atomic E-state index is -0.626. The highest BCUT2D eigenvalue weighted by Crippen LogP contribution is 2.32. The lowest BCUT2D eigenvalue weighted by Gasteiger charge is -2.29. The van der Waals surface area contributed by atoms with E-state index in [2.05, 4.69) is 5.10 Å². The molecule has 2 aliphatic heterocycles. The molecule has 4 rings (SSSR count). The van der Waals surface area contributed by atoms with Crippen molar-refractivity contribution in [2.45, 2.75) is 58.3 Å². The van der Waals surface area contributed by atoms with E-state index in [0.717, 1.165) is 19.3 Å². The third kappa shape index (κ3) is 5.01. The molecule has 1 fully saturated rings. The summed E-state index contributed by atoms with van der Waals surface area (Å²) in [5, 5.41) is 4.32. The highest BCUT2D eigenvalue weighted by molar-refractivity contribution is 5.74. The third-order valence-electron chi connectivity index (χ3n) is 5.61. The molecule has 172 valence electrons. The molecule has 1 saturated heterocycles. The standard InChI is InChI=1S/C24H29F2N3O3/c1-24(2,3)32-23(30)28-9-7-16(8-10-28)22-19(25)12-17(13-20(22)26)18-14-27-29(15-18)21-6-4-5-11-31-21/h7,12-15,21H,4-6,8-11H2,1-3H3. The first-order chi connectivity index (χ1) is 15.2. The summed E-state index contributed by atoms with van der Waals surface area (Å²) in [4.78, 5) is 13.7. The second-order valence-electron chi connectivity index (χ2n) is 9.25. The summed E-state index contributed by atoms with van der Waals surface area (Å²) in [5.41, 5.74) is 0.986. The highest BCUT2D eigenvalue weighted by Gasteiger charge is 2.26. The Kier molecular flexibility index (Phi) is 6.33. The Balaban J connectivity index is 1.50. The van der Waals surface area contributed by atoms with Gasteiger partial charge in [0.25, 0.3) is 0 Å². The molecule has 0 saturated carbocycles. The van der Waals surface area contributed by atoms with Gasteiger partial charge in [-0.05, 0) is 69.7 Å². The number of hydrogen-bond acceptors (Lipinski definition) is 4. The Morgan fingerprint density at radius 1 is 1.19 bits per heavy atom. The van der Waals surface area contributed by atoms with Gasteiger partial charge >= 0.3 is 6.09 Å². The quantitative estimate of drug-likeness (QED) is 0.621. The van der Waals surface area contributed by atoms with E-state index >= 15 is 0 Å². The van der Waals surface area contributed by atoms with Gasteiger partial charge in [-0.2, -0.15) is 5.10 Å². The van der Waals surface area contributed by atoms with Crippen LogP contribution in [-0.2, 0) is 9.47 Å². The first kappa shape index (κ1) is 22.5. The zero-order chi connectivity index (χ0) is 22.9. The zero-order valence-electron chi connectivity index (χ0n) is 18.7. The van der Waals surface area contributed by atoms with Crippen molar-refractivity contribution in [3.63, 3.8) is 0 Å². The monoisotopic (exact) mass is 445 g/mol. The van der Waals surface area contributed by atoms with Gasteiger partial charge in [0.15, 0.2) is 0 Å². The predicted octanol–water partition coefficient (Wildman–Crippen LogP) is 5.55. The molecule has 3 heterocycles. The fourth-order valence-electron chi connectivity index (χ4n) is 4.01. The van der Waals surface area contributed by atoms with Crippen LogP contribution in [0.3, 0.4) is 0 Å². The van der Waals surface area contributed by atoms with Crippen LogP contribution in [0.25, 0.3) is 16.7 Å². The molecular weight excluding hydrogens is 416 g/mol. The van der Waals surface area contributed by atoms with E-state index in [1.54, 1.807) is 43.9 Å². The molecule has 1 aromatic heterocycles. The third-order valence-corrected chi connectivity index (χ3v) is 5.61. The number of hydrogen-bond donors (Lipinski definition) is 0. The Labute approximate surface area is 186 Å². The van der Waals surface area contributed by atoms with Crippen LogP contribution in [0.15, 0.2) is 30.6 Å². The Hall–Kier alpha value is -2.74. The molecule has 0 spiro atoms. The van der Waals surface area contributed by atoms with Gasteiger partial charge in [0.2, 0.25) is 0 Å². The van der Waals surface area contributed by atoms with E-state index in [-0.39, 0.29) is 18.3 Å². The van der Waals surface area contributed by atoms with Gasteiger partial charge in [-0.1, -0.05) is 6.08 Å². The van der Waals surface area contributed by atoms with Gasteiger partial charge in [0.05, 0.1) is 6.20 Å². The van der Waals surface area contributed by atoms with Crippen LogP contribution in [0, 0.1) is 11.6 Å². The summed E-state index contributed by atoms with van der Waals surface area (Å²) in [7, 11) is 0. The molecule has 0 aliphatic carbocycles. The summed E-state index contributed by atoms with van der Waals surface area (Å²) >= 11 is 0.